The fraction of sp³-hybridized carbons (Fsp3) is 0.154. The molecule has 0 spiro atoms. The number of thioether (sulfide) groups is 1. The maximum atomic E-state index is 10.8. The Labute approximate surface area is 104 Å². The summed E-state index contributed by atoms with van der Waals surface area (Å²) in [5.41, 5.74) is 1.19. The van der Waals surface area contributed by atoms with Crippen LogP contribution in [0.4, 0.5) is 0 Å². The lowest BCUT2D eigenvalue weighted by molar-refractivity contribution is -0.109. The van der Waals surface area contributed by atoms with E-state index in [9.17, 15) is 14.4 Å². The van der Waals surface area contributed by atoms with Crippen molar-refractivity contribution < 1.29 is 14.4 Å². The van der Waals surface area contributed by atoms with Crippen LogP contribution in [0.2, 0.25) is 0 Å². The molecule has 0 saturated carbocycles. The Kier molecular flexibility index (Phi) is 5.18. The lowest BCUT2D eigenvalue weighted by atomic mass is 10.0. The summed E-state index contributed by atoms with van der Waals surface area (Å²) in [5.74, 6) is 5.86. The summed E-state index contributed by atoms with van der Waals surface area (Å²) in [7, 11) is 0. The van der Waals surface area contributed by atoms with E-state index >= 15 is 0 Å². The number of hydrogen-bond donors (Lipinski definition) is 0. The summed E-state index contributed by atoms with van der Waals surface area (Å²) < 4.78 is 0. The predicted octanol–water partition coefficient (Wildman–Crippen LogP) is 1.94. The van der Waals surface area contributed by atoms with Crippen molar-refractivity contribution in [1.29, 1.82) is 0 Å². The Balaban J connectivity index is 2.98. The molecule has 17 heavy (non-hydrogen) atoms. The summed E-state index contributed by atoms with van der Waals surface area (Å²) >= 11 is 1.09. The molecule has 0 N–H and O–H groups in total. The van der Waals surface area contributed by atoms with Crippen molar-refractivity contribution in [1.82, 2.24) is 0 Å². The molecular formula is C13H10O3S. The van der Waals surface area contributed by atoms with E-state index in [-0.39, 0.29) is 5.12 Å². The van der Waals surface area contributed by atoms with E-state index in [2.05, 4.69) is 11.8 Å². The number of hydrogen-bond acceptors (Lipinski definition) is 4. The molecule has 0 aliphatic rings. The molecular weight excluding hydrogens is 236 g/mol. The minimum Gasteiger partial charge on any atom is -0.298 e. The summed E-state index contributed by atoms with van der Waals surface area (Å²) in [6.45, 7) is 1.46. The van der Waals surface area contributed by atoms with Crippen molar-refractivity contribution in [2.75, 3.05) is 5.75 Å². The molecule has 0 bridgehead atoms. The molecule has 0 aromatic heterocycles. The third-order valence-electron chi connectivity index (χ3n) is 1.94. The summed E-state index contributed by atoms with van der Waals surface area (Å²) in [6.07, 6.45) is 1.32. The Morgan fingerprint density at radius 1 is 1.29 bits per heavy atom. The zero-order chi connectivity index (χ0) is 12.7. The normalized spacial score (nSPS) is 9.00. The van der Waals surface area contributed by atoms with Gasteiger partial charge in [0.15, 0.2) is 17.7 Å². The third-order valence-corrected chi connectivity index (χ3v) is 2.64. The minimum atomic E-state index is -0.0152. The molecule has 0 fully saturated rings. The standard InChI is InChI=1S/C13H10O3S/c1-10(16)17-7-3-6-13-11(8-14)4-2-5-12(13)9-15/h2,4-5,8-9H,7H2,1H3. The summed E-state index contributed by atoms with van der Waals surface area (Å²) in [5, 5.41) is -0.0152. The molecule has 0 aliphatic heterocycles. The molecule has 1 aromatic carbocycles. The molecule has 3 nitrogen and oxygen atoms in total. The van der Waals surface area contributed by atoms with Crippen LogP contribution < -0.4 is 0 Å². The van der Waals surface area contributed by atoms with E-state index in [1.54, 1.807) is 18.2 Å². The van der Waals surface area contributed by atoms with Gasteiger partial charge in [0.05, 0.1) is 5.75 Å². The first-order chi connectivity index (χ1) is 8.19. The number of carbonyl (C=O) groups excluding carboxylic acids is 3. The van der Waals surface area contributed by atoms with Gasteiger partial charge in [-0.15, -0.1) is 0 Å². The van der Waals surface area contributed by atoms with E-state index in [0.717, 1.165) is 11.8 Å². The highest BCUT2D eigenvalue weighted by molar-refractivity contribution is 8.13. The van der Waals surface area contributed by atoms with Crippen molar-refractivity contribution in [3.63, 3.8) is 0 Å². The fourth-order valence-electron chi connectivity index (χ4n) is 1.19. The van der Waals surface area contributed by atoms with Gasteiger partial charge in [0, 0.05) is 23.6 Å². The topological polar surface area (TPSA) is 51.2 Å². The van der Waals surface area contributed by atoms with Gasteiger partial charge in [-0.3, -0.25) is 14.4 Å². The van der Waals surface area contributed by atoms with Crippen molar-refractivity contribution in [2.45, 2.75) is 6.92 Å². The molecule has 86 valence electrons. The molecule has 0 amide bonds. The van der Waals surface area contributed by atoms with Crippen LogP contribution in [0.3, 0.4) is 0 Å². The summed E-state index contributed by atoms with van der Waals surface area (Å²) in [4.78, 5) is 32.3. The highest BCUT2D eigenvalue weighted by Gasteiger charge is 2.04. The Morgan fingerprint density at radius 2 is 1.88 bits per heavy atom. The number of carbonyl (C=O) groups is 3. The maximum absolute atomic E-state index is 10.8. The van der Waals surface area contributed by atoms with E-state index < -0.39 is 0 Å². The summed E-state index contributed by atoms with van der Waals surface area (Å²) in [6, 6.07) is 4.83. The van der Waals surface area contributed by atoms with Crippen LogP contribution in [0.5, 0.6) is 0 Å². The van der Waals surface area contributed by atoms with Gasteiger partial charge in [-0.2, -0.15) is 0 Å². The van der Waals surface area contributed by atoms with Gasteiger partial charge in [0.2, 0.25) is 0 Å². The Morgan fingerprint density at radius 3 is 2.35 bits per heavy atom. The van der Waals surface area contributed by atoms with Gasteiger partial charge in [-0.25, -0.2) is 0 Å². The van der Waals surface area contributed by atoms with Gasteiger partial charge < -0.3 is 0 Å². The molecule has 0 unspecified atom stereocenters. The van der Waals surface area contributed by atoms with Gasteiger partial charge >= 0.3 is 0 Å². The molecule has 0 atom stereocenters. The van der Waals surface area contributed by atoms with Crippen molar-refractivity contribution in [2.24, 2.45) is 0 Å². The molecule has 0 saturated heterocycles. The van der Waals surface area contributed by atoms with Gasteiger partial charge in [-0.1, -0.05) is 41.8 Å². The molecule has 0 heterocycles. The van der Waals surface area contributed by atoms with Crippen molar-refractivity contribution in [3.05, 3.63) is 34.9 Å². The zero-order valence-electron chi connectivity index (χ0n) is 9.23. The zero-order valence-corrected chi connectivity index (χ0v) is 10.0. The second kappa shape index (κ2) is 6.66. The first kappa shape index (κ1) is 13.2. The van der Waals surface area contributed by atoms with Crippen molar-refractivity contribution >= 4 is 29.4 Å². The molecule has 1 aromatic rings. The molecule has 4 heteroatoms. The van der Waals surface area contributed by atoms with E-state index in [1.165, 1.54) is 6.92 Å². The smallest absolute Gasteiger partial charge is 0.186 e. The monoisotopic (exact) mass is 246 g/mol. The fourth-order valence-corrected chi connectivity index (χ4v) is 1.54. The van der Waals surface area contributed by atoms with Gasteiger partial charge in [0.25, 0.3) is 0 Å². The van der Waals surface area contributed by atoms with Crippen LogP contribution in [0.15, 0.2) is 18.2 Å². The largest absolute Gasteiger partial charge is 0.298 e. The van der Waals surface area contributed by atoms with Gasteiger partial charge in [-0.05, 0) is 0 Å². The quantitative estimate of drug-likeness (QED) is 0.604. The van der Waals surface area contributed by atoms with E-state index in [4.69, 9.17) is 0 Å². The van der Waals surface area contributed by atoms with E-state index in [0.29, 0.717) is 35.0 Å². The Bertz CT molecular complexity index is 483. The highest BCUT2D eigenvalue weighted by Crippen LogP contribution is 2.10. The van der Waals surface area contributed by atoms with Crippen LogP contribution >= 0.6 is 11.8 Å². The van der Waals surface area contributed by atoms with Crippen LogP contribution in [-0.4, -0.2) is 23.4 Å². The first-order valence-electron chi connectivity index (χ1n) is 4.84. The first-order valence-corrected chi connectivity index (χ1v) is 5.83. The van der Waals surface area contributed by atoms with Crippen LogP contribution in [0.25, 0.3) is 0 Å². The maximum Gasteiger partial charge on any atom is 0.186 e. The second-order valence-corrected chi connectivity index (χ2v) is 4.28. The molecule has 1 rings (SSSR count). The SMILES string of the molecule is CC(=O)SCC#Cc1c(C=O)cccc1C=O. The molecule has 0 aliphatic carbocycles. The Hall–Kier alpha value is -1.86. The number of aldehydes is 2. The van der Waals surface area contributed by atoms with E-state index in [1.807, 2.05) is 0 Å². The van der Waals surface area contributed by atoms with Crippen LogP contribution in [0.1, 0.15) is 33.2 Å². The lowest BCUT2D eigenvalue weighted by Gasteiger charge is -1.99. The average molecular weight is 246 g/mol. The van der Waals surface area contributed by atoms with Crippen molar-refractivity contribution in [3.8, 4) is 11.8 Å². The minimum absolute atomic E-state index is 0.0152. The third kappa shape index (κ3) is 3.89. The number of rotatable bonds is 3. The van der Waals surface area contributed by atoms with Crippen LogP contribution in [-0.2, 0) is 4.79 Å². The molecule has 0 radical (unpaired) electrons. The second-order valence-electron chi connectivity index (χ2n) is 3.13. The highest BCUT2D eigenvalue weighted by atomic mass is 32.2. The lowest BCUT2D eigenvalue weighted by Crippen LogP contribution is -1.94. The van der Waals surface area contributed by atoms with Gasteiger partial charge in [0.1, 0.15) is 0 Å². The van der Waals surface area contributed by atoms with Crippen LogP contribution in [0, 0.1) is 11.8 Å². The predicted molar refractivity (Wildman–Crippen MR) is 67.2 cm³/mol. The number of benzene rings is 1. The average Bonchev–Trinajstić information content (AvgIpc) is 2.34.